The van der Waals surface area contributed by atoms with E-state index in [0.717, 1.165) is 43.6 Å². The van der Waals surface area contributed by atoms with Crippen molar-refractivity contribution in [3.63, 3.8) is 0 Å². The lowest BCUT2D eigenvalue weighted by Crippen LogP contribution is -2.25. The second-order valence-corrected chi connectivity index (χ2v) is 5.89. The van der Waals surface area contributed by atoms with Crippen LogP contribution in [0.25, 0.3) is 0 Å². The molecule has 0 spiro atoms. The predicted molar refractivity (Wildman–Crippen MR) is 76.6 cm³/mol. The number of aryl methyl sites for hydroxylation is 1. The molecule has 0 amide bonds. The van der Waals surface area contributed by atoms with Crippen LogP contribution in [-0.2, 0) is 12.6 Å². The van der Waals surface area contributed by atoms with Gasteiger partial charge in [-0.1, -0.05) is 32.9 Å². The molecule has 0 aromatic heterocycles. The van der Waals surface area contributed by atoms with E-state index in [1.54, 1.807) is 12.1 Å². The highest BCUT2D eigenvalue weighted by Crippen LogP contribution is 2.29. The van der Waals surface area contributed by atoms with Crippen LogP contribution in [0.5, 0.6) is 0 Å². The van der Waals surface area contributed by atoms with Crippen molar-refractivity contribution in [1.29, 1.82) is 0 Å². The first-order chi connectivity index (χ1) is 9.29. The van der Waals surface area contributed by atoms with Gasteiger partial charge in [-0.2, -0.15) is 13.2 Å². The number of alkyl halides is 3. The highest BCUT2D eigenvalue weighted by molar-refractivity contribution is 5.24. The van der Waals surface area contributed by atoms with Gasteiger partial charge < -0.3 is 5.32 Å². The van der Waals surface area contributed by atoms with Gasteiger partial charge in [0.2, 0.25) is 0 Å². The average molecular weight is 287 g/mol. The highest BCUT2D eigenvalue weighted by Gasteiger charge is 2.29. The Morgan fingerprint density at radius 3 is 2.10 bits per heavy atom. The third-order valence-electron chi connectivity index (χ3n) is 3.25. The van der Waals surface area contributed by atoms with Crippen LogP contribution in [0.3, 0.4) is 0 Å². The van der Waals surface area contributed by atoms with Crippen molar-refractivity contribution in [3.8, 4) is 0 Å². The minimum atomic E-state index is -4.24. The Bertz CT molecular complexity index is 382. The molecular weight excluding hydrogens is 263 g/mol. The van der Waals surface area contributed by atoms with Gasteiger partial charge in [0.15, 0.2) is 0 Å². The quantitative estimate of drug-likeness (QED) is 0.777. The standard InChI is InChI=1S/C16H24F3N/c1-12(2)10-20-11-13(3)4-5-14-6-8-15(9-7-14)16(17,18)19/h6-9,12-13,20H,4-5,10-11H2,1-3H3. The van der Waals surface area contributed by atoms with E-state index in [-0.39, 0.29) is 0 Å². The van der Waals surface area contributed by atoms with Crippen molar-refractivity contribution in [2.45, 2.75) is 39.8 Å². The lowest BCUT2D eigenvalue weighted by molar-refractivity contribution is -0.137. The molecule has 0 aliphatic carbocycles. The third-order valence-corrected chi connectivity index (χ3v) is 3.25. The van der Waals surface area contributed by atoms with Crippen molar-refractivity contribution in [3.05, 3.63) is 35.4 Å². The van der Waals surface area contributed by atoms with Crippen LogP contribution in [-0.4, -0.2) is 13.1 Å². The molecule has 1 N–H and O–H groups in total. The second kappa shape index (κ2) is 7.67. The first kappa shape index (κ1) is 17.0. The summed E-state index contributed by atoms with van der Waals surface area (Å²) in [6.45, 7) is 8.46. The Balaban J connectivity index is 2.34. The van der Waals surface area contributed by atoms with E-state index >= 15 is 0 Å². The first-order valence-electron chi connectivity index (χ1n) is 7.16. The summed E-state index contributed by atoms with van der Waals surface area (Å²) in [6, 6.07) is 5.49. The van der Waals surface area contributed by atoms with Crippen LogP contribution < -0.4 is 5.32 Å². The molecule has 1 atom stereocenters. The largest absolute Gasteiger partial charge is 0.416 e. The van der Waals surface area contributed by atoms with Crippen molar-refractivity contribution >= 4 is 0 Å². The molecule has 0 radical (unpaired) electrons. The van der Waals surface area contributed by atoms with E-state index < -0.39 is 11.7 Å². The smallest absolute Gasteiger partial charge is 0.316 e. The Kier molecular flexibility index (Phi) is 6.53. The maximum atomic E-state index is 12.4. The minimum absolute atomic E-state index is 0.524. The molecule has 114 valence electrons. The predicted octanol–water partition coefficient (Wildman–Crippen LogP) is 4.52. The highest BCUT2D eigenvalue weighted by atomic mass is 19.4. The Hall–Kier alpha value is -1.03. The van der Waals surface area contributed by atoms with Crippen molar-refractivity contribution in [2.24, 2.45) is 11.8 Å². The fourth-order valence-corrected chi connectivity index (χ4v) is 1.99. The summed E-state index contributed by atoms with van der Waals surface area (Å²) in [7, 11) is 0. The molecule has 1 nitrogen and oxygen atoms in total. The number of hydrogen-bond acceptors (Lipinski definition) is 1. The molecule has 4 heteroatoms. The maximum Gasteiger partial charge on any atom is 0.416 e. The van der Waals surface area contributed by atoms with Crippen LogP contribution in [0, 0.1) is 11.8 Å². The van der Waals surface area contributed by atoms with Gasteiger partial charge in [-0.3, -0.25) is 0 Å². The van der Waals surface area contributed by atoms with E-state index in [1.165, 1.54) is 0 Å². The number of nitrogens with one attached hydrogen (secondary N) is 1. The zero-order chi connectivity index (χ0) is 15.2. The van der Waals surface area contributed by atoms with Crippen molar-refractivity contribution in [2.75, 3.05) is 13.1 Å². The maximum absolute atomic E-state index is 12.4. The van der Waals surface area contributed by atoms with Gasteiger partial charge in [-0.25, -0.2) is 0 Å². The van der Waals surface area contributed by atoms with Crippen molar-refractivity contribution in [1.82, 2.24) is 5.32 Å². The molecule has 0 heterocycles. The third kappa shape index (κ3) is 6.42. The zero-order valence-corrected chi connectivity index (χ0v) is 12.4. The molecule has 0 fully saturated rings. The molecule has 0 saturated carbocycles. The monoisotopic (exact) mass is 287 g/mol. The molecule has 1 aromatic rings. The van der Waals surface area contributed by atoms with Crippen LogP contribution >= 0.6 is 0 Å². The average Bonchev–Trinajstić information content (AvgIpc) is 2.35. The molecule has 0 saturated heterocycles. The summed E-state index contributed by atoms with van der Waals surface area (Å²) in [5, 5.41) is 3.40. The Labute approximate surface area is 119 Å². The molecule has 0 bridgehead atoms. The summed E-state index contributed by atoms with van der Waals surface area (Å²) in [5.74, 6) is 1.16. The van der Waals surface area contributed by atoms with Crippen LogP contribution in [0.15, 0.2) is 24.3 Å². The fraction of sp³-hybridized carbons (Fsp3) is 0.625. The normalized spacial score (nSPS) is 13.8. The number of hydrogen-bond donors (Lipinski definition) is 1. The topological polar surface area (TPSA) is 12.0 Å². The summed E-state index contributed by atoms with van der Waals surface area (Å²) in [6.07, 6.45) is -2.44. The summed E-state index contributed by atoms with van der Waals surface area (Å²) < 4.78 is 37.3. The first-order valence-corrected chi connectivity index (χ1v) is 7.16. The van der Waals surface area contributed by atoms with Crippen LogP contribution in [0.2, 0.25) is 0 Å². The van der Waals surface area contributed by atoms with Gasteiger partial charge in [0, 0.05) is 0 Å². The SMILES string of the molecule is CC(C)CNCC(C)CCc1ccc(C(F)(F)F)cc1. The number of rotatable bonds is 7. The molecule has 1 aromatic carbocycles. The van der Waals surface area contributed by atoms with Gasteiger partial charge in [0.25, 0.3) is 0 Å². The molecule has 20 heavy (non-hydrogen) atoms. The summed E-state index contributed by atoms with van der Waals surface area (Å²) >= 11 is 0. The molecule has 0 aliphatic rings. The lowest BCUT2D eigenvalue weighted by Gasteiger charge is -2.14. The van der Waals surface area contributed by atoms with Gasteiger partial charge in [-0.15, -0.1) is 0 Å². The second-order valence-electron chi connectivity index (χ2n) is 5.89. The Morgan fingerprint density at radius 1 is 1.00 bits per heavy atom. The molecular formula is C16H24F3N. The van der Waals surface area contributed by atoms with Crippen LogP contribution in [0.1, 0.15) is 38.3 Å². The van der Waals surface area contributed by atoms with Crippen LogP contribution in [0.4, 0.5) is 13.2 Å². The molecule has 1 rings (SSSR count). The van der Waals surface area contributed by atoms with E-state index in [0.29, 0.717) is 11.8 Å². The minimum Gasteiger partial charge on any atom is -0.316 e. The van der Waals surface area contributed by atoms with E-state index in [1.807, 2.05) is 0 Å². The van der Waals surface area contributed by atoms with E-state index in [2.05, 4.69) is 26.1 Å². The number of halogens is 3. The molecule has 0 aliphatic heterocycles. The van der Waals surface area contributed by atoms with Gasteiger partial charge in [-0.05, 0) is 55.5 Å². The van der Waals surface area contributed by atoms with Crippen molar-refractivity contribution < 1.29 is 13.2 Å². The summed E-state index contributed by atoms with van der Waals surface area (Å²) in [5.41, 5.74) is 0.390. The van der Waals surface area contributed by atoms with E-state index in [9.17, 15) is 13.2 Å². The fourth-order valence-electron chi connectivity index (χ4n) is 1.99. The summed E-state index contributed by atoms with van der Waals surface area (Å²) in [4.78, 5) is 0. The van der Waals surface area contributed by atoms with Gasteiger partial charge >= 0.3 is 6.18 Å². The van der Waals surface area contributed by atoms with Gasteiger partial charge in [0.1, 0.15) is 0 Å². The molecule has 1 unspecified atom stereocenters. The lowest BCUT2D eigenvalue weighted by atomic mass is 10.00. The van der Waals surface area contributed by atoms with Gasteiger partial charge in [0.05, 0.1) is 5.56 Å². The van der Waals surface area contributed by atoms with E-state index in [4.69, 9.17) is 0 Å². The zero-order valence-electron chi connectivity index (χ0n) is 12.4. The Morgan fingerprint density at radius 2 is 1.60 bits per heavy atom. The number of benzene rings is 1.